The van der Waals surface area contributed by atoms with E-state index in [0.717, 1.165) is 28.5 Å². The summed E-state index contributed by atoms with van der Waals surface area (Å²) in [5.41, 5.74) is 2.63. The van der Waals surface area contributed by atoms with Gasteiger partial charge in [0.05, 0.1) is 12.5 Å². The number of carbonyl (C=O) groups is 1. The zero-order valence-electron chi connectivity index (χ0n) is 15.6. The second kappa shape index (κ2) is 7.83. The van der Waals surface area contributed by atoms with E-state index in [1.54, 1.807) is 7.11 Å². The maximum Gasteiger partial charge on any atom is 0.229 e. The van der Waals surface area contributed by atoms with Gasteiger partial charge in [-0.05, 0) is 44.0 Å². The van der Waals surface area contributed by atoms with E-state index in [1.807, 2.05) is 44.2 Å². The predicted octanol–water partition coefficient (Wildman–Crippen LogP) is 1.59. The Hall–Kier alpha value is -2.47. The number of aryl methyl sites for hydroxylation is 2. The monoisotopic (exact) mass is 354 g/mol. The minimum atomic E-state index is -0.393. The van der Waals surface area contributed by atoms with Gasteiger partial charge in [0.1, 0.15) is 11.6 Å². The summed E-state index contributed by atoms with van der Waals surface area (Å²) in [6.07, 6.45) is 1.33. The number of amides is 1. The van der Waals surface area contributed by atoms with E-state index in [9.17, 15) is 4.79 Å². The van der Waals surface area contributed by atoms with Gasteiger partial charge in [0.25, 0.3) is 0 Å². The first-order valence-electron chi connectivity index (χ1n) is 8.94. The largest absolute Gasteiger partial charge is 0.497 e. The number of ether oxygens (including phenoxy) is 1. The molecule has 1 amide bonds. The molecule has 1 aliphatic heterocycles. The summed E-state index contributed by atoms with van der Waals surface area (Å²) in [7, 11) is 1.65. The van der Waals surface area contributed by atoms with Gasteiger partial charge in [0.2, 0.25) is 5.91 Å². The molecular weight excluding hydrogens is 328 g/mol. The van der Waals surface area contributed by atoms with Crippen molar-refractivity contribution in [2.45, 2.75) is 26.7 Å². The van der Waals surface area contributed by atoms with Gasteiger partial charge in [-0.3, -0.25) is 4.79 Å². The standard InChI is InChI=1S/C20H26N4O2/c1-14-9-15(2)24-18(23-14)7-8-22-19(25)20(12-21-13-20)11-16-5-4-6-17(10-16)26-3/h4-6,9-10,21H,7-8,11-13H2,1-3H3,(H,22,25). The summed E-state index contributed by atoms with van der Waals surface area (Å²) in [5, 5.41) is 6.31. The predicted molar refractivity (Wildman–Crippen MR) is 100 cm³/mol. The number of carbonyl (C=O) groups excluding carboxylic acids is 1. The molecule has 6 heteroatoms. The van der Waals surface area contributed by atoms with Crippen molar-refractivity contribution in [3.05, 3.63) is 53.1 Å². The first-order valence-corrected chi connectivity index (χ1v) is 8.94. The number of rotatable bonds is 7. The molecular formula is C20H26N4O2. The third-order valence-corrected chi connectivity index (χ3v) is 4.75. The molecule has 0 aliphatic carbocycles. The van der Waals surface area contributed by atoms with Crippen molar-refractivity contribution in [2.24, 2.45) is 5.41 Å². The minimum absolute atomic E-state index is 0.0865. The third-order valence-electron chi connectivity index (χ3n) is 4.75. The van der Waals surface area contributed by atoms with Gasteiger partial charge in [-0.2, -0.15) is 0 Å². The molecule has 26 heavy (non-hydrogen) atoms. The molecule has 3 rings (SSSR count). The van der Waals surface area contributed by atoms with Crippen molar-refractivity contribution in [3.63, 3.8) is 0 Å². The zero-order valence-corrected chi connectivity index (χ0v) is 15.6. The number of nitrogens with zero attached hydrogens (tertiary/aromatic N) is 2. The van der Waals surface area contributed by atoms with E-state index < -0.39 is 5.41 Å². The average molecular weight is 354 g/mol. The maximum atomic E-state index is 12.8. The molecule has 138 valence electrons. The van der Waals surface area contributed by atoms with Gasteiger partial charge in [-0.1, -0.05) is 12.1 Å². The summed E-state index contributed by atoms with van der Waals surface area (Å²) in [6.45, 7) is 5.84. The molecule has 0 atom stereocenters. The SMILES string of the molecule is COc1cccc(CC2(C(=O)NCCc3nc(C)cc(C)n3)CNC2)c1. The van der Waals surface area contributed by atoms with Gasteiger partial charge in [-0.15, -0.1) is 0 Å². The van der Waals surface area contributed by atoms with Crippen LogP contribution in [-0.4, -0.2) is 42.6 Å². The summed E-state index contributed by atoms with van der Waals surface area (Å²) in [5.74, 6) is 1.68. The minimum Gasteiger partial charge on any atom is -0.497 e. The lowest BCUT2D eigenvalue weighted by Crippen LogP contribution is -2.62. The van der Waals surface area contributed by atoms with Crippen molar-refractivity contribution in [2.75, 3.05) is 26.7 Å². The van der Waals surface area contributed by atoms with E-state index in [1.165, 1.54) is 0 Å². The molecule has 1 saturated heterocycles. The van der Waals surface area contributed by atoms with Gasteiger partial charge in [0, 0.05) is 37.4 Å². The second-order valence-corrected chi connectivity index (χ2v) is 6.99. The molecule has 0 unspecified atom stereocenters. The smallest absolute Gasteiger partial charge is 0.229 e. The van der Waals surface area contributed by atoms with Crippen LogP contribution in [0.3, 0.4) is 0 Å². The second-order valence-electron chi connectivity index (χ2n) is 6.99. The first-order chi connectivity index (χ1) is 12.5. The van der Waals surface area contributed by atoms with Crippen LogP contribution >= 0.6 is 0 Å². The number of nitrogens with one attached hydrogen (secondary N) is 2. The summed E-state index contributed by atoms with van der Waals surface area (Å²) in [4.78, 5) is 21.7. The molecule has 2 heterocycles. The fourth-order valence-corrected chi connectivity index (χ4v) is 3.35. The van der Waals surface area contributed by atoms with E-state index >= 15 is 0 Å². The Labute approximate surface area is 154 Å². The molecule has 0 bridgehead atoms. The van der Waals surface area contributed by atoms with E-state index in [0.29, 0.717) is 32.5 Å². The van der Waals surface area contributed by atoms with E-state index in [4.69, 9.17) is 4.74 Å². The van der Waals surface area contributed by atoms with Gasteiger partial charge in [-0.25, -0.2) is 9.97 Å². The maximum absolute atomic E-state index is 12.8. The van der Waals surface area contributed by atoms with Crippen molar-refractivity contribution < 1.29 is 9.53 Å². The lowest BCUT2D eigenvalue weighted by Gasteiger charge is -2.41. The van der Waals surface area contributed by atoms with Gasteiger partial charge in [0.15, 0.2) is 0 Å². The molecule has 1 aliphatic rings. The van der Waals surface area contributed by atoms with Crippen molar-refractivity contribution in [1.82, 2.24) is 20.6 Å². The topological polar surface area (TPSA) is 76.1 Å². The lowest BCUT2D eigenvalue weighted by molar-refractivity contribution is -0.133. The van der Waals surface area contributed by atoms with E-state index in [-0.39, 0.29) is 5.91 Å². The molecule has 0 radical (unpaired) electrons. The summed E-state index contributed by atoms with van der Waals surface area (Å²) < 4.78 is 5.28. The third kappa shape index (κ3) is 4.19. The highest BCUT2D eigenvalue weighted by molar-refractivity contribution is 5.84. The average Bonchev–Trinajstić information content (AvgIpc) is 2.57. The van der Waals surface area contributed by atoms with Crippen LogP contribution in [0.5, 0.6) is 5.75 Å². The Morgan fingerprint density at radius 3 is 2.58 bits per heavy atom. The Balaban J connectivity index is 1.59. The van der Waals surface area contributed by atoms with Crippen LogP contribution in [0.1, 0.15) is 22.8 Å². The highest BCUT2D eigenvalue weighted by Crippen LogP contribution is 2.29. The van der Waals surface area contributed by atoms with Crippen molar-refractivity contribution in [3.8, 4) is 5.75 Å². The number of hydrogen-bond acceptors (Lipinski definition) is 5. The van der Waals surface area contributed by atoms with Crippen LogP contribution < -0.4 is 15.4 Å². The number of benzene rings is 1. The van der Waals surface area contributed by atoms with Gasteiger partial charge >= 0.3 is 0 Å². The zero-order chi connectivity index (χ0) is 18.6. The fraction of sp³-hybridized carbons (Fsp3) is 0.450. The Kier molecular flexibility index (Phi) is 5.52. The van der Waals surface area contributed by atoms with E-state index in [2.05, 4.69) is 20.6 Å². The number of hydrogen-bond donors (Lipinski definition) is 2. The van der Waals surface area contributed by atoms with Crippen LogP contribution in [0.25, 0.3) is 0 Å². The van der Waals surface area contributed by atoms with Crippen LogP contribution in [0.2, 0.25) is 0 Å². The summed E-state index contributed by atoms with van der Waals surface area (Å²) in [6, 6.07) is 9.86. The summed E-state index contributed by atoms with van der Waals surface area (Å²) >= 11 is 0. The lowest BCUT2D eigenvalue weighted by atomic mass is 9.75. The molecule has 1 aromatic heterocycles. The molecule has 0 saturated carbocycles. The first kappa shape index (κ1) is 18.3. The Bertz CT molecular complexity index is 767. The van der Waals surface area contributed by atoms with Crippen LogP contribution in [0, 0.1) is 19.3 Å². The number of methoxy groups -OCH3 is 1. The molecule has 0 spiro atoms. The van der Waals surface area contributed by atoms with Crippen LogP contribution in [0.15, 0.2) is 30.3 Å². The Morgan fingerprint density at radius 2 is 1.96 bits per heavy atom. The van der Waals surface area contributed by atoms with Crippen LogP contribution in [0.4, 0.5) is 0 Å². The quantitative estimate of drug-likeness (QED) is 0.790. The highest BCUT2D eigenvalue weighted by atomic mass is 16.5. The molecule has 1 fully saturated rings. The molecule has 6 nitrogen and oxygen atoms in total. The van der Waals surface area contributed by atoms with Crippen LogP contribution in [-0.2, 0) is 17.6 Å². The molecule has 2 aromatic rings. The number of aromatic nitrogens is 2. The normalized spacial score (nSPS) is 15.2. The molecule has 2 N–H and O–H groups in total. The fourth-order valence-electron chi connectivity index (χ4n) is 3.35. The Morgan fingerprint density at radius 1 is 1.23 bits per heavy atom. The van der Waals surface area contributed by atoms with Gasteiger partial charge < -0.3 is 15.4 Å². The molecule has 1 aromatic carbocycles. The van der Waals surface area contributed by atoms with Crippen molar-refractivity contribution in [1.29, 1.82) is 0 Å². The highest BCUT2D eigenvalue weighted by Gasteiger charge is 2.44. The van der Waals surface area contributed by atoms with Crippen molar-refractivity contribution >= 4 is 5.91 Å².